The fraction of sp³-hybridized carbons (Fsp3) is 1.00. The molecular formula is C9H17NO2. The molecule has 2 aliphatic heterocycles. The summed E-state index contributed by atoms with van der Waals surface area (Å²) < 4.78 is 11.4. The number of hydrogen-bond acceptors (Lipinski definition) is 3. The Balaban J connectivity index is 2.04. The first-order chi connectivity index (χ1) is 5.77. The third kappa shape index (κ3) is 1.16. The first-order valence-electron chi connectivity index (χ1n) is 4.76. The van der Waals surface area contributed by atoms with Gasteiger partial charge < -0.3 is 15.2 Å². The summed E-state index contributed by atoms with van der Waals surface area (Å²) in [6.45, 7) is 3.60. The van der Waals surface area contributed by atoms with Crippen molar-refractivity contribution in [3.8, 4) is 0 Å². The second kappa shape index (κ2) is 2.98. The highest BCUT2D eigenvalue weighted by atomic mass is 16.6. The summed E-state index contributed by atoms with van der Waals surface area (Å²) in [6.07, 6.45) is 3.80. The lowest BCUT2D eigenvalue weighted by molar-refractivity contribution is -0.0753. The van der Waals surface area contributed by atoms with Crippen molar-refractivity contribution in [2.24, 2.45) is 5.73 Å². The average Bonchev–Trinajstić information content (AvgIpc) is 2.63. The molecule has 0 unspecified atom stereocenters. The molecule has 0 aromatic heterocycles. The molecule has 0 aromatic carbocycles. The molecule has 2 N–H and O–H groups in total. The zero-order valence-electron chi connectivity index (χ0n) is 7.58. The second-order valence-electron chi connectivity index (χ2n) is 3.84. The van der Waals surface area contributed by atoms with Crippen molar-refractivity contribution < 1.29 is 9.47 Å². The minimum atomic E-state index is 0.0179. The second-order valence-corrected chi connectivity index (χ2v) is 3.84. The van der Waals surface area contributed by atoms with Crippen LogP contribution in [0.3, 0.4) is 0 Å². The van der Waals surface area contributed by atoms with E-state index < -0.39 is 0 Å². The van der Waals surface area contributed by atoms with Gasteiger partial charge in [-0.1, -0.05) is 0 Å². The van der Waals surface area contributed by atoms with Crippen LogP contribution in [0.2, 0.25) is 0 Å². The summed E-state index contributed by atoms with van der Waals surface area (Å²) in [5.74, 6) is 0. The SMILES string of the molecule is C[C@@H]1OCC[C@]12CC[C@H](CN)O2. The lowest BCUT2D eigenvalue weighted by Gasteiger charge is -2.27. The van der Waals surface area contributed by atoms with E-state index in [1.807, 2.05) is 0 Å². The molecule has 12 heavy (non-hydrogen) atoms. The van der Waals surface area contributed by atoms with Gasteiger partial charge in [-0.2, -0.15) is 0 Å². The summed E-state index contributed by atoms with van der Waals surface area (Å²) in [5.41, 5.74) is 5.58. The fourth-order valence-electron chi connectivity index (χ4n) is 2.27. The van der Waals surface area contributed by atoms with Crippen LogP contribution in [0, 0.1) is 0 Å². The Morgan fingerprint density at radius 1 is 1.50 bits per heavy atom. The minimum absolute atomic E-state index is 0.0179. The summed E-state index contributed by atoms with van der Waals surface area (Å²) in [6, 6.07) is 0. The van der Waals surface area contributed by atoms with Crippen LogP contribution < -0.4 is 5.73 Å². The zero-order chi connectivity index (χ0) is 8.60. The molecule has 2 rings (SSSR count). The van der Waals surface area contributed by atoms with Crippen molar-refractivity contribution in [2.45, 2.75) is 44.0 Å². The molecule has 0 aromatic rings. The van der Waals surface area contributed by atoms with Gasteiger partial charge >= 0.3 is 0 Å². The van der Waals surface area contributed by atoms with Crippen LogP contribution in [0.4, 0.5) is 0 Å². The Morgan fingerprint density at radius 3 is 2.83 bits per heavy atom. The topological polar surface area (TPSA) is 44.5 Å². The van der Waals surface area contributed by atoms with E-state index in [4.69, 9.17) is 15.2 Å². The highest BCUT2D eigenvalue weighted by molar-refractivity contribution is 4.97. The van der Waals surface area contributed by atoms with Crippen LogP contribution in [-0.2, 0) is 9.47 Å². The number of rotatable bonds is 1. The summed E-state index contributed by atoms with van der Waals surface area (Å²) in [4.78, 5) is 0. The molecule has 0 amide bonds. The van der Waals surface area contributed by atoms with E-state index in [-0.39, 0.29) is 17.8 Å². The molecule has 0 radical (unpaired) electrons. The molecule has 3 heteroatoms. The van der Waals surface area contributed by atoms with E-state index in [0.29, 0.717) is 6.54 Å². The molecule has 1 spiro atoms. The van der Waals surface area contributed by atoms with E-state index in [9.17, 15) is 0 Å². The van der Waals surface area contributed by atoms with Gasteiger partial charge in [0.25, 0.3) is 0 Å². The van der Waals surface area contributed by atoms with Crippen LogP contribution >= 0.6 is 0 Å². The van der Waals surface area contributed by atoms with Gasteiger partial charge in [0, 0.05) is 19.6 Å². The molecule has 70 valence electrons. The Hall–Kier alpha value is -0.120. The van der Waals surface area contributed by atoms with E-state index >= 15 is 0 Å². The fourth-order valence-corrected chi connectivity index (χ4v) is 2.27. The highest BCUT2D eigenvalue weighted by Crippen LogP contribution is 2.40. The van der Waals surface area contributed by atoms with Gasteiger partial charge in [0.1, 0.15) is 0 Å². The quantitative estimate of drug-likeness (QED) is 0.630. The molecule has 0 bridgehead atoms. The lowest BCUT2D eigenvalue weighted by Crippen LogP contribution is -2.37. The standard InChI is InChI=1S/C9H17NO2/c1-7-9(4-5-11-7)3-2-8(6-10)12-9/h7-8H,2-6,10H2,1H3/t7-,8+,9+/m0/s1. The van der Waals surface area contributed by atoms with Gasteiger partial charge in [-0.3, -0.25) is 0 Å². The van der Waals surface area contributed by atoms with Crippen LogP contribution in [-0.4, -0.2) is 31.0 Å². The zero-order valence-corrected chi connectivity index (χ0v) is 7.58. The predicted molar refractivity (Wildman–Crippen MR) is 45.9 cm³/mol. The summed E-state index contributed by atoms with van der Waals surface area (Å²) in [5, 5.41) is 0. The van der Waals surface area contributed by atoms with Crippen LogP contribution in [0.5, 0.6) is 0 Å². The Morgan fingerprint density at radius 2 is 2.33 bits per heavy atom. The molecule has 3 nitrogen and oxygen atoms in total. The minimum Gasteiger partial charge on any atom is -0.375 e. The first-order valence-corrected chi connectivity index (χ1v) is 4.76. The third-order valence-corrected chi connectivity index (χ3v) is 3.19. The maximum absolute atomic E-state index is 5.92. The molecule has 0 aliphatic carbocycles. The Kier molecular flexibility index (Phi) is 2.10. The highest BCUT2D eigenvalue weighted by Gasteiger charge is 2.47. The van der Waals surface area contributed by atoms with Gasteiger partial charge in [0.05, 0.1) is 17.8 Å². The van der Waals surface area contributed by atoms with Crippen LogP contribution in [0.25, 0.3) is 0 Å². The van der Waals surface area contributed by atoms with Gasteiger partial charge in [0.15, 0.2) is 0 Å². The van der Waals surface area contributed by atoms with E-state index in [0.717, 1.165) is 25.9 Å². The predicted octanol–water partition coefficient (Wildman–Crippen LogP) is 0.672. The van der Waals surface area contributed by atoms with Crippen molar-refractivity contribution in [2.75, 3.05) is 13.2 Å². The maximum atomic E-state index is 5.92. The van der Waals surface area contributed by atoms with Crippen LogP contribution in [0.1, 0.15) is 26.2 Å². The Bertz CT molecular complexity index is 174. The van der Waals surface area contributed by atoms with Crippen molar-refractivity contribution in [1.29, 1.82) is 0 Å². The van der Waals surface area contributed by atoms with Crippen LogP contribution in [0.15, 0.2) is 0 Å². The van der Waals surface area contributed by atoms with E-state index in [1.165, 1.54) is 0 Å². The van der Waals surface area contributed by atoms with Gasteiger partial charge in [-0.05, 0) is 19.8 Å². The smallest absolute Gasteiger partial charge is 0.0967 e. The molecule has 2 saturated heterocycles. The Labute approximate surface area is 73.2 Å². The molecule has 3 atom stereocenters. The lowest BCUT2D eigenvalue weighted by atomic mass is 9.93. The average molecular weight is 171 g/mol. The van der Waals surface area contributed by atoms with Crippen molar-refractivity contribution >= 4 is 0 Å². The summed E-state index contributed by atoms with van der Waals surface area (Å²) >= 11 is 0. The molecule has 0 saturated carbocycles. The number of hydrogen-bond donors (Lipinski definition) is 1. The van der Waals surface area contributed by atoms with Crippen molar-refractivity contribution in [1.82, 2.24) is 0 Å². The number of nitrogens with two attached hydrogens (primary N) is 1. The van der Waals surface area contributed by atoms with Gasteiger partial charge in [0.2, 0.25) is 0 Å². The molecule has 2 heterocycles. The van der Waals surface area contributed by atoms with E-state index in [1.54, 1.807) is 0 Å². The molecular weight excluding hydrogens is 154 g/mol. The number of ether oxygens (including phenoxy) is 2. The first kappa shape index (κ1) is 8.48. The molecule has 2 aliphatic rings. The van der Waals surface area contributed by atoms with Gasteiger partial charge in [-0.15, -0.1) is 0 Å². The monoisotopic (exact) mass is 171 g/mol. The van der Waals surface area contributed by atoms with Crippen molar-refractivity contribution in [3.63, 3.8) is 0 Å². The van der Waals surface area contributed by atoms with Gasteiger partial charge in [-0.25, -0.2) is 0 Å². The van der Waals surface area contributed by atoms with E-state index in [2.05, 4.69) is 6.92 Å². The molecule has 2 fully saturated rings. The van der Waals surface area contributed by atoms with Crippen molar-refractivity contribution in [3.05, 3.63) is 0 Å². The normalized spacial score (nSPS) is 47.5. The largest absolute Gasteiger partial charge is 0.375 e. The third-order valence-electron chi connectivity index (χ3n) is 3.19. The summed E-state index contributed by atoms with van der Waals surface area (Å²) in [7, 11) is 0. The maximum Gasteiger partial charge on any atom is 0.0967 e.